The molecule has 0 aromatic carbocycles. The molecule has 0 aliphatic carbocycles. The fourth-order valence-corrected chi connectivity index (χ4v) is 0.466. The second kappa shape index (κ2) is 3.91. The van der Waals surface area contributed by atoms with Crippen molar-refractivity contribution in [2.24, 2.45) is 0 Å². The molecule has 4 nitrogen and oxygen atoms in total. The predicted octanol–water partition coefficient (Wildman–Crippen LogP) is -2.66. The molecule has 1 saturated heterocycles. The summed E-state index contributed by atoms with van der Waals surface area (Å²) in [6.45, 7) is 1.53. The van der Waals surface area contributed by atoms with Gasteiger partial charge in [0.2, 0.25) is 0 Å². The largest absolute Gasteiger partial charge is 0.335 e. The van der Waals surface area contributed by atoms with Gasteiger partial charge in [-0.1, -0.05) is 0 Å². The Kier molecular flexibility index (Phi) is 2.98. The van der Waals surface area contributed by atoms with E-state index in [1.807, 2.05) is 0 Å². The molecule has 0 atom stereocenters. The summed E-state index contributed by atoms with van der Waals surface area (Å²) in [4.78, 5) is 0. The minimum absolute atomic E-state index is 0.764. The number of hydrogen-bond acceptors (Lipinski definition) is 4. The Balaban J connectivity index is 2.00. The lowest BCUT2D eigenvalue weighted by Gasteiger charge is -2.10. The zero-order valence-corrected chi connectivity index (χ0v) is 4.57. The van der Waals surface area contributed by atoms with Gasteiger partial charge in [-0.05, 0) is 0 Å². The molecule has 1 rings (SSSR count). The highest BCUT2D eigenvalue weighted by atomic mass is 15.1. The van der Waals surface area contributed by atoms with Crippen LogP contribution >= 0.6 is 0 Å². The van der Waals surface area contributed by atoms with Crippen molar-refractivity contribution in [3.63, 3.8) is 0 Å². The van der Waals surface area contributed by atoms with Crippen molar-refractivity contribution in [2.45, 2.75) is 0 Å². The summed E-state index contributed by atoms with van der Waals surface area (Å²) in [7, 11) is 3.60. The molecule has 42 valence electrons. The van der Waals surface area contributed by atoms with E-state index in [2.05, 4.69) is 20.9 Å². The van der Waals surface area contributed by atoms with E-state index >= 15 is 0 Å². The molecule has 0 aromatic heterocycles. The number of rotatable bonds is 0. The van der Waals surface area contributed by atoms with Gasteiger partial charge in [-0.3, -0.25) is 0 Å². The van der Waals surface area contributed by atoms with Gasteiger partial charge in [0.1, 0.15) is 0 Å². The van der Waals surface area contributed by atoms with Crippen molar-refractivity contribution < 1.29 is 0 Å². The van der Waals surface area contributed by atoms with Gasteiger partial charge in [0.05, 0.1) is 0 Å². The molecule has 1 heterocycles. The molecular weight excluding hydrogens is 102 g/mol. The molecular formula is C2H8B2N4. The van der Waals surface area contributed by atoms with Crippen LogP contribution in [0.15, 0.2) is 0 Å². The summed E-state index contributed by atoms with van der Waals surface area (Å²) in [6.07, 6.45) is 0. The third-order valence-electron chi connectivity index (χ3n) is 0.816. The Bertz CT molecular complexity index is 36.0. The Morgan fingerprint density at radius 1 is 0.750 bits per heavy atom. The summed E-state index contributed by atoms with van der Waals surface area (Å²) < 4.78 is 0. The standard InChI is InChI=1S/C2H8B2N4/c1-5-3-7-2-8-4-6-1/h5-8H,1-2H2. The van der Waals surface area contributed by atoms with Gasteiger partial charge >= 0.3 is 15.1 Å². The van der Waals surface area contributed by atoms with Gasteiger partial charge in [0.15, 0.2) is 0 Å². The van der Waals surface area contributed by atoms with Crippen molar-refractivity contribution in [1.82, 2.24) is 20.9 Å². The van der Waals surface area contributed by atoms with Crippen LogP contribution < -0.4 is 20.9 Å². The van der Waals surface area contributed by atoms with E-state index in [1.165, 1.54) is 0 Å². The zero-order valence-electron chi connectivity index (χ0n) is 4.57. The van der Waals surface area contributed by atoms with Crippen molar-refractivity contribution in [2.75, 3.05) is 13.3 Å². The topological polar surface area (TPSA) is 48.1 Å². The van der Waals surface area contributed by atoms with Crippen LogP contribution in [-0.2, 0) is 0 Å². The molecule has 6 heteroatoms. The Morgan fingerprint density at radius 2 is 1.12 bits per heavy atom. The van der Waals surface area contributed by atoms with E-state index in [4.69, 9.17) is 0 Å². The molecule has 8 heavy (non-hydrogen) atoms. The van der Waals surface area contributed by atoms with Crippen LogP contribution in [0.1, 0.15) is 0 Å². The molecule has 4 N–H and O–H groups in total. The monoisotopic (exact) mass is 110 g/mol. The molecule has 0 spiro atoms. The molecule has 0 aromatic rings. The Labute approximate surface area is 50.4 Å². The minimum Gasteiger partial charge on any atom is -0.335 e. The highest BCUT2D eigenvalue weighted by molar-refractivity contribution is 6.32. The van der Waals surface area contributed by atoms with Crippen molar-refractivity contribution in [3.05, 3.63) is 0 Å². The van der Waals surface area contributed by atoms with E-state index in [0.29, 0.717) is 0 Å². The maximum absolute atomic E-state index is 2.97. The van der Waals surface area contributed by atoms with E-state index in [-0.39, 0.29) is 0 Å². The van der Waals surface area contributed by atoms with E-state index in [9.17, 15) is 0 Å². The first-order valence-corrected chi connectivity index (χ1v) is 2.57. The summed E-state index contributed by atoms with van der Waals surface area (Å²) in [6, 6.07) is 0. The zero-order chi connectivity index (χ0) is 5.66. The summed E-state index contributed by atoms with van der Waals surface area (Å²) in [5, 5.41) is 11.9. The molecule has 0 amide bonds. The first-order chi connectivity index (χ1) is 4.00. The first-order valence-electron chi connectivity index (χ1n) is 2.57. The van der Waals surface area contributed by atoms with Crippen LogP contribution in [0.3, 0.4) is 0 Å². The third-order valence-corrected chi connectivity index (χ3v) is 0.816. The molecule has 0 unspecified atom stereocenters. The van der Waals surface area contributed by atoms with Gasteiger partial charge < -0.3 is 20.9 Å². The van der Waals surface area contributed by atoms with Crippen molar-refractivity contribution >= 4 is 15.1 Å². The predicted molar refractivity (Wildman–Crippen MR) is 33.8 cm³/mol. The van der Waals surface area contributed by atoms with Crippen LogP contribution in [0.25, 0.3) is 0 Å². The second-order valence-electron chi connectivity index (χ2n) is 1.46. The quantitative estimate of drug-likeness (QED) is 0.257. The molecule has 1 aliphatic rings. The summed E-state index contributed by atoms with van der Waals surface area (Å²) >= 11 is 0. The maximum atomic E-state index is 2.97. The van der Waals surface area contributed by atoms with E-state index in [1.54, 1.807) is 15.1 Å². The highest BCUT2D eigenvalue weighted by Gasteiger charge is 1.94. The second-order valence-corrected chi connectivity index (χ2v) is 1.46. The average molecular weight is 110 g/mol. The lowest BCUT2D eigenvalue weighted by molar-refractivity contribution is 0.767. The lowest BCUT2D eigenvalue weighted by Crippen LogP contribution is -2.51. The third kappa shape index (κ3) is 2.32. The fraction of sp³-hybridized carbons (Fsp3) is 1.00. The smallest absolute Gasteiger partial charge is 0.309 e. The number of hydrogen-bond donors (Lipinski definition) is 4. The molecule has 1 fully saturated rings. The van der Waals surface area contributed by atoms with Gasteiger partial charge in [-0.15, -0.1) is 0 Å². The molecule has 2 radical (unpaired) electrons. The average Bonchev–Trinajstić information content (AvgIpc) is 1.62. The van der Waals surface area contributed by atoms with Crippen LogP contribution in [0, 0.1) is 0 Å². The summed E-state index contributed by atoms with van der Waals surface area (Å²) in [5.41, 5.74) is 0. The van der Waals surface area contributed by atoms with Gasteiger partial charge in [0.25, 0.3) is 0 Å². The van der Waals surface area contributed by atoms with Crippen LogP contribution in [0.2, 0.25) is 0 Å². The van der Waals surface area contributed by atoms with Crippen molar-refractivity contribution in [3.8, 4) is 0 Å². The normalized spacial score (nSPS) is 22.0. The lowest BCUT2D eigenvalue weighted by atomic mass is 10.1. The van der Waals surface area contributed by atoms with Crippen LogP contribution in [0.5, 0.6) is 0 Å². The highest BCUT2D eigenvalue weighted by Crippen LogP contribution is 1.52. The minimum atomic E-state index is 0.764. The Morgan fingerprint density at radius 3 is 1.50 bits per heavy atom. The number of nitrogens with one attached hydrogen (secondary N) is 4. The van der Waals surface area contributed by atoms with Gasteiger partial charge in [-0.2, -0.15) is 0 Å². The molecule has 1 aliphatic heterocycles. The molecule has 0 saturated carbocycles. The van der Waals surface area contributed by atoms with Crippen molar-refractivity contribution in [1.29, 1.82) is 0 Å². The van der Waals surface area contributed by atoms with E-state index in [0.717, 1.165) is 13.3 Å². The van der Waals surface area contributed by atoms with Crippen LogP contribution in [-0.4, -0.2) is 28.4 Å². The molecule has 0 bridgehead atoms. The van der Waals surface area contributed by atoms with E-state index < -0.39 is 0 Å². The van der Waals surface area contributed by atoms with Gasteiger partial charge in [-0.25, -0.2) is 0 Å². The SMILES string of the molecule is [B]1NCN[B]NCN1. The summed E-state index contributed by atoms with van der Waals surface area (Å²) in [5.74, 6) is 0. The fourth-order valence-electron chi connectivity index (χ4n) is 0.466. The maximum Gasteiger partial charge on any atom is 0.309 e. The first kappa shape index (κ1) is 6.10. The van der Waals surface area contributed by atoms with Crippen LogP contribution in [0.4, 0.5) is 0 Å². The van der Waals surface area contributed by atoms with Gasteiger partial charge in [0, 0.05) is 13.3 Å². The Hall–Kier alpha value is -0.0301.